The van der Waals surface area contributed by atoms with E-state index in [0.717, 1.165) is 0 Å². The lowest BCUT2D eigenvalue weighted by molar-refractivity contribution is 1.02. The average molecular weight is 150 g/mol. The molecular weight excluding hydrogens is 142 g/mol. The second-order valence-corrected chi connectivity index (χ2v) is 1.62. The molecule has 1 heterocycles. The molecule has 0 saturated carbocycles. The number of aromatic nitrogens is 2. The number of H-pyrrole nitrogens is 2. The molecule has 0 aliphatic rings. The van der Waals surface area contributed by atoms with Crippen LogP contribution in [-0.2, 0) is 0 Å². The van der Waals surface area contributed by atoms with Gasteiger partial charge in [0.05, 0.1) is 5.69 Å². The molecule has 1 aromatic rings. The Hall–Kier alpha value is -0.900. The van der Waals surface area contributed by atoms with E-state index in [2.05, 4.69) is 10.2 Å². The van der Waals surface area contributed by atoms with Gasteiger partial charge in [0.1, 0.15) is 5.69 Å². The van der Waals surface area contributed by atoms with E-state index in [0.29, 0.717) is 5.69 Å². The summed E-state index contributed by atoms with van der Waals surface area (Å²) in [5, 5.41) is 4.91. The topological polar surface area (TPSA) is 74.7 Å². The van der Waals surface area contributed by atoms with Crippen molar-refractivity contribution in [1.29, 1.82) is 0 Å². The first-order valence-electron chi connectivity index (χ1n) is 2.24. The van der Waals surface area contributed by atoms with E-state index in [1.54, 1.807) is 6.92 Å². The number of aryl methyl sites for hydroxylation is 1. The molecule has 1 rings (SSSR count). The summed E-state index contributed by atoms with van der Waals surface area (Å²) in [5.41, 5.74) is 5.94. The van der Waals surface area contributed by atoms with Crippen molar-refractivity contribution in [3.05, 3.63) is 16.0 Å². The van der Waals surface area contributed by atoms with Gasteiger partial charge >= 0.3 is 0 Å². The molecule has 0 aliphatic heterocycles. The van der Waals surface area contributed by atoms with E-state index in [-0.39, 0.29) is 23.7 Å². The minimum atomic E-state index is -0.248. The van der Waals surface area contributed by atoms with Crippen LogP contribution in [0.1, 0.15) is 5.69 Å². The van der Waals surface area contributed by atoms with Crippen molar-refractivity contribution in [2.45, 2.75) is 6.92 Å². The monoisotopic (exact) mass is 149 g/mol. The molecule has 0 fully saturated rings. The normalized spacial score (nSPS) is 8.56. The smallest absolute Gasteiger partial charge is 0.287 e. The Morgan fingerprint density at radius 3 is 2.11 bits per heavy atom. The van der Waals surface area contributed by atoms with Crippen molar-refractivity contribution in [2.24, 2.45) is 0 Å². The van der Waals surface area contributed by atoms with Crippen LogP contribution in [0, 0.1) is 6.92 Å². The summed E-state index contributed by atoms with van der Waals surface area (Å²) in [6, 6.07) is 0. The van der Waals surface area contributed by atoms with Crippen LogP contribution >= 0.6 is 12.4 Å². The molecule has 4 N–H and O–H groups in total. The minimum absolute atomic E-state index is 0. The molecule has 1 aromatic heterocycles. The molecule has 0 aromatic carbocycles. The quantitative estimate of drug-likeness (QED) is 0.486. The Balaban J connectivity index is 0.000000640. The van der Waals surface area contributed by atoms with E-state index in [1.807, 2.05) is 0 Å². The summed E-state index contributed by atoms with van der Waals surface area (Å²) >= 11 is 0. The van der Waals surface area contributed by atoms with Crippen LogP contribution in [0.5, 0.6) is 0 Å². The molecule has 0 spiro atoms. The third kappa shape index (κ3) is 1.26. The Bertz CT molecular complexity index is 238. The molecular formula is C4H8ClN3O. The van der Waals surface area contributed by atoms with Crippen molar-refractivity contribution >= 4 is 18.1 Å². The number of anilines is 1. The maximum absolute atomic E-state index is 10.4. The number of rotatable bonds is 0. The van der Waals surface area contributed by atoms with Gasteiger partial charge in [-0.05, 0) is 6.92 Å². The number of hydrogen-bond donors (Lipinski definition) is 3. The molecule has 0 atom stereocenters. The molecule has 9 heavy (non-hydrogen) atoms. The number of aromatic amines is 2. The van der Waals surface area contributed by atoms with Crippen LogP contribution in [0.2, 0.25) is 0 Å². The highest BCUT2D eigenvalue weighted by atomic mass is 35.5. The van der Waals surface area contributed by atoms with Crippen LogP contribution in [0.4, 0.5) is 5.69 Å². The third-order valence-corrected chi connectivity index (χ3v) is 1.01. The summed E-state index contributed by atoms with van der Waals surface area (Å²) in [5.74, 6) is 0. The van der Waals surface area contributed by atoms with Gasteiger partial charge in [-0.1, -0.05) is 0 Å². The van der Waals surface area contributed by atoms with Gasteiger partial charge < -0.3 is 10.8 Å². The molecule has 4 nitrogen and oxygen atoms in total. The fraction of sp³-hybridized carbons (Fsp3) is 0.250. The molecule has 52 valence electrons. The van der Waals surface area contributed by atoms with Crippen LogP contribution in [-0.4, -0.2) is 10.2 Å². The van der Waals surface area contributed by atoms with E-state index >= 15 is 0 Å². The van der Waals surface area contributed by atoms with E-state index in [9.17, 15) is 4.79 Å². The SMILES string of the molecule is Cc1[nH][nH]c(=O)c1N.Cl. The largest absolute Gasteiger partial charge is 0.393 e. The number of hydrogen-bond acceptors (Lipinski definition) is 2. The van der Waals surface area contributed by atoms with Crippen molar-refractivity contribution in [3.63, 3.8) is 0 Å². The van der Waals surface area contributed by atoms with Gasteiger partial charge in [0.25, 0.3) is 5.56 Å². The molecule has 0 radical (unpaired) electrons. The van der Waals surface area contributed by atoms with Crippen molar-refractivity contribution in [3.8, 4) is 0 Å². The van der Waals surface area contributed by atoms with Gasteiger partial charge in [0, 0.05) is 0 Å². The van der Waals surface area contributed by atoms with E-state index in [4.69, 9.17) is 5.73 Å². The van der Waals surface area contributed by atoms with Crippen molar-refractivity contribution < 1.29 is 0 Å². The predicted octanol–water partition coefficient (Wildman–Crippen LogP) is 0.0154. The van der Waals surface area contributed by atoms with Crippen LogP contribution in [0.25, 0.3) is 0 Å². The standard InChI is InChI=1S/C4H7N3O.ClH/c1-2-3(5)4(8)7-6-2;/h5H2,1H3,(H2,6,7,8);1H. The Morgan fingerprint density at radius 1 is 1.44 bits per heavy atom. The number of nitrogen functional groups attached to an aromatic ring is 1. The summed E-state index contributed by atoms with van der Waals surface area (Å²) < 4.78 is 0. The van der Waals surface area contributed by atoms with Crippen molar-refractivity contribution in [2.75, 3.05) is 5.73 Å². The van der Waals surface area contributed by atoms with Crippen LogP contribution in [0.15, 0.2) is 4.79 Å². The molecule has 0 saturated heterocycles. The summed E-state index contributed by atoms with van der Waals surface area (Å²) in [6.07, 6.45) is 0. The first-order valence-corrected chi connectivity index (χ1v) is 2.24. The second kappa shape index (κ2) is 2.59. The Kier molecular flexibility index (Phi) is 2.33. The predicted molar refractivity (Wildman–Crippen MR) is 37.8 cm³/mol. The lowest BCUT2D eigenvalue weighted by Gasteiger charge is -1.79. The average Bonchev–Trinajstić information content (AvgIpc) is 1.98. The zero-order valence-corrected chi connectivity index (χ0v) is 5.71. The fourth-order valence-corrected chi connectivity index (χ4v) is 0.455. The maximum Gasteiger partial charge on any atom is 0.287 e. The van der Waals surface area contributed by atoms with Gasteiger partial charge in [0.15, 0.2) is 0 Å². The van der Waals surface area contributed by atoms with Crippen molar-refractivity contribution in [1.82, 2.24) is 10.2 Å². The van der Waals surface area contributed by atoms with Gasteiger partial charge in [-0.25, -0.2) is 0 Å². The third-order valence-electron chi connectivity index (χ3n) is 1.01. The number of halogens is 1. The Morgan fingerprint density at radius 2 is 2.00 bits per heavy atom. The number of nitrogens with one attached hydrogen (secondary N) is 2. The summed E-state index contributed by atoms with van der Waals surface area (Å²) in [4.78, 5) is 10.4. The van der Waals surface area contributed by atoms with E-state index < -0.39 is 0 Å². The lowest BCUT2D eigenvalue weighted by atomic mass is 10.4. The highest BCUT2D eigenvalue weighted by Gasteiger charge is 1.96. The molecule has 0 aliphatic carbocycles. The second-order valence-electron chi connectivity index (χ2n) is 1.62. The van der Waals surface area contributed by atoms with E-state index in [1.165, 1.54) is 0 Å². The highest BCUT2D eigenvalue weighted by molar-refractivity contribution is 5.85. The van der Waals surface area contributed by atoms with Gasteiger partial charge in [0.2, 0.25) is 0 Å². The van der Waals surface area contributed by atoms with Gasteiger partial charge in [-0.2, -0.15) is 0 Å². The zero-order chi connectivity index (χ0) is 6.15. The van der Waals surface area contributed by atoms with Crippen LogP contribution in [0.3, 0.4) is 0 Å². The minimum Gasteiger partial charge on any atom is -0.393 e. The van der Waals surface area contributed by atoms with Gasteiger partial charge in [-0.3, -0.25) is 9.89 Å². The van der Waals surface area contributed by atoms with Gasteiger partial charge in [-0.15, -0.1) is 12.4 Å². The highest BCUT2D eigenvalue weighted by Crippen LogP contribution is 1.94. The zero-order valence-electron chi connectivity index (χ0n) is 4.89. The number of nitrogens with two attached hydrogens (primary N) is 1. The summed E-state index contributed by atoms with van der Waals surface area (Å²) in [7, 11) is 0. The summed E-state index contributed by atoms with van der Waals surface area (Å²) in [6.45, 7) is 1.73. The Labute approximate surface area is 57.8 Å². The molecule has 0 unspecified atom stereocenters. The molecule has 5 heteroatoms. The first kappa shape index (κ1) is 8.10. The molecule has 0 bridgehead atoms. The fourth-order valence-electron chi connectivity index (χ4n) is 0.455. The molecule has 0 amide bonds. The first-order chi connectivity index (χ1) is 3.72. The van der Waals surface area contributed by atoms with Crippen LogP contribution < -0.4 is 11.3 Å². The lowest BCUT2D eigenvalue weighted by Crippen LogP contribution is -2.04. The maximum atomic E-state index is 10.4.